The molecule has 253 valence electrons. The van der Waals surface area contributed by atoms with Crippen molar-refractivity contribution >= 4 is 22.0 Å². The van der Waals surface area contributed by atoms with E-state index in [1.54, 1.807) is 18.2 Å². The van der Waals surface area contributed by atoms with Gasteiger partial charge in [-0.1, -0.05) is 99.3 Å². The number of nitrogens with zero attached hydrogens (tertiary/aromatic N) is 3. The Morgan fingerprint density at radius 3 is 2.24 bits per heavy atom. The molecule has 49 heavy (non-hydrogen) atoms. The van der Waals surface area contributed by atoms with E-state index < -0.39 is 18.6 Å². The van der Waals surface area contributed by atoms with Crippen molar-refractivity contribution in [2.45, 2.75) is 59.1 Å². The van der Waals surface area contributed by atoms with E-state index in [1.165, 1.54) is 29.0 Å². The maximum Gasteiger partial charge on any atom is 0.415 e. The number of benzene rings is 4. The van der Waals surface area contributed by atoms with Gasteiger partial charge in [0.05, 0.1) is 16.9 Å². The zero-order valence-corrected chi connectivity index (χ0v) is 29.8. The van der Waals surface area contributed by atoms with Crippen molar-refractivity contribution in [3.63, 3.8) is 0 Å². The van der Waals surface area contributed by atoms with Gasteiger partial charge in [-0.05, 0) is 58.8 Å². The standard InChI is InChI=1S/C29H26F3N2O.C12H10N.Ir/c1-17(2)20-8-7-9-21(18(3)4)23(20)15-34-26-11-6-5-10-25(26)33-28(34)24-16-35-27-13-12-19(14-22(24)27)29(30,31)32;1-10-7-8-12(13-9-10)11-5-3-2-4-6-11;/h5-14,17-18H,15H2,1-4H3;2-5,7-9H,1H3;/q2*-1;/i;1D3;. The molecule has 0 saturated carbocycles. The number of hydrogen-bond acceptors (Lipinski definition) is 3. The number of halogens is 3. The Bertz CT molecular complexity index is 2250. The maximum absolute atomic E-state index is 13.5. The van der Waals surface area contributed by atoms with Crippen molar-refractivity contribution in [3.8, 4) is 22.6 Å². The first-order chi connectivity index (χ1) is 24.2. The fourth-order valence-corrected chi connectivity index (χ4v) is 5.90. The van der Waals surface area contributed by atoms with Gasteiger partial charge in [0.15, 0.2) is 0 Å². The molecule has 7 rings (SSSR count). The fourth-order valence-electron chi connectivity index (χ4n) is 5.90. The summed E-state index contributed by atoms with van der Waals surface area (Å²) in [6, 6.07) is 31.4. The normalized spacial score (nSPS) is 12.7. The molecule has 4 aromatic carbocycles. The van der Waals surface area contributed by atoms with Crippen LogP contribution in [-0.2, 0) is 32.8 Å². The van der Waals surface area contributed by atoms with Crippen molar-refractivity contribution < 1.29 is 41.8 Å². The predicted octanol–water partition coefficient (Wildman–Crippen LogP) is 11.4. The molecule has 0 N–H and O–H groups in total. The second kappa shape index (κ2) is 14.9. The molecule has 0 saturated heterocycles. The number of alkyl halides is 3. The van der Waals surface area contributed by atoms with E-state index in [2.05, 4.69) is 67.8 Å². The Hall–Kier alpha value is -4.52. The van der Waals surface area contributed by atoms with Crippen molar-refractivity contribution in [3.05, 3.63) is 143 Å². The number of aryl methyl sites for hydroxylation is 1. The van der Waals surface area contributed by atoms with Crippen LogP contribution in [0.2, 0.25) is 0 Å². The smallest absolute Gasteiger partial charge is 0.415 e. The van der Waals surface area contributed by atoms with Crippen molar-refractivity contribution in [2.24, 2.45) is 0 Å². The van der Waals surface area contributed by atoms with Crippen LogP contribution in [0.4, 0.5) is 13.2 Å². The Morgan fingerprint density at radius 1 is 0.878 bits per heavy atom. The summed E-state index contributed by atoms with van der Waals surface area (Å²) in [5.41, 5.74) is 7.28. The van der Waals surface area contributed by atoms with E-state index in [9.17, 15) is 13.2 Å². The Morgan fingerprint density at radius 2 is 1.61 bits per heavy atom. The van der Waals surface area contributed by atoms with Gasteiger partial charge in [0.25, 0.3) is 0 Å². The molecular formula is C41H36F3IrN3O-2. The summed E-state index contributed by atoms with van der Waals surface area (Å²) in [4.78, 5) is 8.96. The van der Waals surface area contributed by atoms with Crippen LogP contribution in [-0.4, -0.2) is 14.5 Å². The molecule has 0 unspecified atom stereocenters. The first-order valence-electron chi connectivity index (χ1n) is 17.2. The monoisotopic (exact) mass is 839 g/mol. The van der Waals surface area contributed by atoms with Gasteiger partial charge in [-0.2, -0.15) is 13.2 Å². The molecule has 0 bridgehead atoms. The number of fused-ring (bicyclic) bond motifs is 2. The van der Waals surface area contributed by atoms with Crippen LogP contribution in [0.1, 0.15) is 71.5 Å². The van der Waals surface area contributed by atoms with Gasteiger partial charge in [0.1, 0.15) is 0 Å². The van der Waals surface area contributed by atoms with Crippen LogP contribution in [0.5, 0.6) is 0 Å². The second-order valence-corrected chi connectivity index (χ2v) is 12.2. The Balaban J connectivity index is 0.000000258. The fraction of sp³-hybridized carbons (Fsp3) is 0.220. The summed E-state index contributed by atoms with van der Waals surface area (Å²) in [6.07, 6.45) is -0.216. The van der Waals surface area contributed by atoms with Crippen LogP contribution < -0.4 is 0 Å². The van der Waals surface area contributed by atoms with Gasteiger partial charge in [-0.3, -0.25) is 4.98 Å². The average Bonchev–Trinajstić information content (AvgIpc) is 3.69. The van der Waals surface area contributed by atoms with Gasteiger partial charge in [-0.25, -0.2) is 0 Å². The molecule has 4 nitrogen and oxygen atoms in total. The number of para-hydroxylation sites is 2. The molecular weight excluding hydrogens is 800 g/mol. The zero-order chi connectivity index (χ0) is 36.5. The number of furan rings is 1. The van der Waals surface area contributed by atoms with E-state index in [1.807, 2.05) is 42.5 Å². The molecule has 3 heterocycles. The number of hydrogen-bond donors (Lipinski definition) is 0. The zero-order valence-electron chi connectivity index (χ0n) is 30.4. The van der Waals surface area contributed by atoms with Crippen LogP contribution >= 0.6 is 0 Å². The van der Waals surface area contributed by atoms with Gasteiger partial charge < -0.3 is 14.0 Å². The summed E-state index contributed by atoms with van der Waals surface area (Å²) >= 11 is 0. The summed E-state index contributed by atoms with van der Waals surface area (Å²) in [7, 11) is 0. The van der Waals surface area contributed by atoms with E-state index in [4.69, 9.17) is 13.5 Å². The van der Waals surface area contributed by atoms with Crippen molar-refractivity contribution in [2.75, 3.05) is 0 Å². The van der Waals surface area contributed by atoms with Crippen LogP contribution in [0.25, 0.3) is 44.6 Å². The molecule has 0 aliphatic heterocycles. The van der Waals surface area contributed by atoms with Crippen molar-refractivity contribution in [1.29, 1.82) is 0 Å². The van der Waals surface area contributed by atoms with E-state index in [0.29, 0.717) is 40.7 Å². The number of pyridine rings is 1. The third-order valence-electron chi connectivity index (χ3n) is 8.27. The van der Waals surface area contributed by atoms with E-state index in [0.717, 1.165) is 34.4 Å². The number of aromatic nitrogens is 3. The summed E-state index contributed by atoms with van der Waals surface area (Å²) in [6.45, 7) is 7.14. The molecule has 7 aromatic rings. The van der Waals surface area contributed by atoms with E-state index >= 15 is 0 Å². The van der Waals surface area contributed by atoms with Crippen LogP contribution in [0.15, 0.2) is 108 Å². The van der Waals surface area contributed by atoms with Crippen LogP contribution in [0.3, 0.4) is 0 Å². The van der Waals surface area contributed by atoms with Gasteiger partial charge in [0.2, 0.25) is 0 Å². The van der Waals surface area contributed by atoms with E-state index in [-0.39, 0.29) is 25.7 Å². The van der Waals surface area contributed by atoms with Gasteiger partial charge in [-0.15, -0.1) is 35.9 Å². The SMILES string of the molecule is CC(C)c1cccc(C(C)C)c1Cn1c(-c2[c-]oc3ccc(C(F)(F)F)cc23)nc2ccccc21.[2H]C([2H])([2H])c1ccc(-c2[c-]cccc2)nc1.[Ir]. The molecule has 1 radical (unpaired) electrons. The minimum atomic E-state index is -4.45. The maximum atomic E-state index is 13.5. The minimum absolute atomic E-state index is 0. The molecule has 0 amide bonds. The number of imidazole rings is 1. The Kier molecular flexibility index (Phi) is 9.67. The molecule has 8 heteroatoms. The topological polar surface area (TPSA) is 43.9 Å². The first-order valence-corrected chi connectivity index (χ1v) is 15.7. The average molecular weight is 839 g/mol. The van der Waals surface area contributed by atoms with Gasteiger partial charge in [0, 0.05) is 54.4 Å². The molecule has 0 spiro atoms. The van der Waals surface area contributed by atoms with Crippen molar-refractivity contribution in [1.82, 2.24) is 14.5 Å². The summed E-state index contributed by atoms with van der Waals surface area (Å²) < 4.78 is 69.7. The summed E-state index contributed by atoms with van der Waals surface area (Å²) in [5.74, 6) is 1.17. The molecule has 0 aliphatic rings. The molecule has 0 atom stereocenters. The second-order valence-electron chi connectivity index (χ2n) is 12.2. The third kappa shape index (κ3) is 7.71. The molecule has 0 aliphatic carbocycles. The predicted molar refractivity (Wildman–Crippen MR) is 186 cm³/mol. The van der Waals surface area contributed by atoms with Crippen LogP contribution in [0, 0.1) is 19.2 Å². The minimum Gasteiger partial charge on any atom is -0.557 e. The summed E-state index contributed by atoms with van der Waals surface area (Å²) in [5, 5.41) is 0.345. The largest absolute Gasteiger partial charge is 0.557 e. The first kappa shape index (κ1) is 31.7. The number of rotatable bonds is 6. The van der Waals surface area contributed by atoms with Gasteiger partial charge >= 0.3 is 6.18 Å². The molecule has 3 aromatic heterocycles. The third-order valence-corrected chi connectivity index (χ3v) is 8.27. The molecule has 0 fully saturated rings. The quantitative estimate of drug-likeness (QED) is 0.157. The Labute approximate surface area is 302 Å².